The number of nitrogens with zero attached hydrogens (tertiary/aromatic N) is 4. The van der Waals surface area contributed by atoms with E-state index in [1.807, 2.05) is 60.4 Å². The third-order valence-electron chi connectivity index (χ3n) is 5.99. The number of amides is 1. The lowest BCUT2D eigenvalue weighted by Gasteiger charge is -2.34. The van der Waals surface area contributed by atoms with E-state index in [0.717, 1.165) is 59.5 Å². The zero-order chi connectivity index (χ0) is 22.2. The summed E-state index contributed by atoms with van der Waals surface area (Å²) in [6.45, 7) is 8.08. The quantitative estimate of drug-likeness (QED) is 0.412. The topological polar surface area (TPSA) is 40.9 Å². The number of rotatable bonds is 4. The molecule has 7 heteroatoms. The molecule has 0 aliphatic carbocycles. The Kier molecular flexibility index (Phi) is 5.76. The summed E-state index contributed by atoms with van der Waals surface area (Å²) in [4.78, 5) is 24.4. The molecule has 1 amide bonds. The summed E-state index contributed by atoms with van der Waals surface area (Å²) in [6, 6.07) is 15.7. The average molecular weight is 465 g/mol. The molecule has 164 valence electrons. The number of carbonyl (C=O) groups excluding carboxylic acids is 1. The van der Waals surface area contributed by atoms with Gasteiger partial charge in [-0.05, 0) is 38.1 Å². The molecule has 1 aliphatic heterocycles. The van der Waals surface area contributed by atoms with Crippen LogP contribution in [0, 0.1) is 13.8 Å². The maximum Gasteiger partial charge on any atom is 0.253 e. The molecule has 0 N–H and O–H groups in total. The van der Waals surface area contributed by atoms with Gasteiger partial charge in [0.25, 0.3) is 5.91 Å². The Morgan fingerprint density at radius 3 is 2.38 bits per heavy atom. The molecule has 0 unspecified atom stereocenters. The second kappa shape index (κ2) is 8.70. The predicted molar refractivity (Wildman–Crippen MR) is 131 cm³/mol. The highest BCUT2D eigenvalue weighted by Crippen LogP contribution is 2.30. The van der Waals surface area contributed by atoms with Gasteiger partial charge >= 0.3 is 0 Å². The van der Waals surface area contributed by atoms with E-state index in [4.69, 9.17) is 16.6 Å². The van der Waals surface area contributed by atoms with Crippen LogP contribution in [-0.4, -0.2) is 51.3 Å². The van der Waals surface area contributed by atoms with E-state index in [-0.39, 0.29) is 5.91 Å². The van der Waals surface area contributed by atoms with Crippen molar-refractivity contribution in [2.75, 3.05) is 26.2 Å². The van der Waals surface area contributed by atoms with Gasteiger partial charge in [-0.2, -0.15) is 0 Å². The molecule has 0 atom stereocenters. The number of carbonyl (C=O) groups is 1. The Balaban J connectivity index is 1.34. The van der Waals surface area contributed by atoms with Crippen molar-refractivity contribution in [2.24, 2.45) is 0 Å². The summed E-state index contributed by atoms with van der Waals surface area (Å²) in [5, 5.41) is 0.724. The molecular weight excluding hydrogens is 440 g/mol. The molecule has 2 aromatic carbocycles. The molecule has 1 aliphatic rings. The van der Waals surface area contributed by atoms with Gasteiger partial charge in [0, 0.05) is 59.9 Å². The Bertz CT molecular complexity index is 1250. The van der Waals surface area contributed by atoms with Crippen LogP contribution in [0.25, 0.3) is 16.2 Å². The largest absolute Gasteiger partial charge is 0.336 e. The summed E-state index contributed by atoms with van der Waals surface area (Å²) in [6.07, 6.45) is 2.17. The van der Waals surface area contributed by atoms with Crippen LogP contribution < -0.4 is 0 Å². The Morgan fingerprint density at radius 2 is 1.69 bits per heavy atom. The van der Waals surface area contributed by atoms with Gasteiger partial charge in [-0.1, -0.05) is 41.4 Å². The fourth-order valence-electron chi connectivity index (χ4n) is 4.19. The van der Waals surface area contributed by atoms with Crippen molar-refractivity contribution < 1.29 is 4.79 Å². The van der Waals surface area contributed by atoms with Crippen molar-refractivity contribution in [1.29, 1.82) is 0 Å². The molecule has 0 spiro atoms. The summed E-state index contributed by atoms with van der Waals surface area (Å²) in [5.74, 6) is 0.117. The van der Waals surface area contributed by atoms with Crippen LogP contribution in [0.4, 0.5) is 0 Å². The van der Waals surface area contributed by atoms with E-state index in [9.17, 15) is 4.79 Å². The summed E-state index contributed by atoms with van der Waals surface area (Å²) in [7, 11) is 0. The molecule has 5 rings (SSSR count). The maximum absolute atomic E-state index is 12.9. The van der Waals surface area contributed by atoms with Gasteiger partial charge < -0.3 is 4.90 Å². The van der Waals surface area contributed by atoms with E-state index < -0.39 is 0 Å². The highest BCUT2D eigenvalue weighted by Gasteiger charge is 2.25. The molecular formula is C25H25ClN4OS. The molecule has 0 bridgehead atoms. The van der Waals surface area contributed by atoms with Crippen molar-refractivity contribution in [2.45, 2.75) is 20.4 Å². The van der Waals surface area contributed by atoms with E-state index in [0.29, 0.717) is 0 Å². The first-order chi connectivity index (χ1) is 15.5. The van der Waals surface area contributed by atoms with Crippen LogP contribution in [0.5, 0.6) is 0 Å². The lowest BCUT2D eigenvalue weighted by Crippen LogP contribution is -2.48. The molecule has 1 saturated heterocycles. The summed E-state index contributed by atoms with van der Waals surface area (Å²) >= 11 is 7.80. The minimum atomic E-state index is 0.117. The van der Waals surface area contributed by atoms with Gasteiger partial charge in [0.1, 0.15) is 0 Å². The lowest BCUT2D eigenvalue weighted by atomic mass is 10.1. The van der Waals surface area contributed by atoms with Crippen LogP contribution >= 0.6 is 22.9 Å². The summed E-state index contributed by atoms with van der Waals surface area (Å²) in [5.41, 5.74) is 5.20. The fourth-order valence-corrected chi connectivity index (χ4v) is 5.16. The lowest BCUT2D eigenvalue weighted by molar-refractivity contribution is 0.0627. The molecule has 3 heterocycles. The smallest absolute Gasteiger partial charge is 0.253 e. The van der Waals surface area contributed by atoms with Gasteiger partial charge in [-0.25, -0.2) is 4.98 Å². The van der Waals surface area contributed by atoms with E-state index in [2.05, 4.69) is 22.4 Å². The first-order valence-electron chi connectivity index (χ1n) is 10.8. The molecule has 0 radical (unpaired) electrons. The number of halogens is 1. The number of hydrogen-bond acceptors (Lipinski definition) is 4. The van der Waals surface area contributed by atoms with Crippen LogP contribution in [0.2, 0.25) is 5.02 Å². The maximum atomic E-state index is 12.9. The SMILES string of the molecule is Cc1ccc(C(=O)N2CCN(Cc3c(-c4ccc(Cl)cc4)nc4sc(C)cn34)CC2)cc1. The Morgan fingerprint density at radius 1 is 1.00 bits per heavy atom. The van der Waals surface area contributed by atoms with E-state index in [1.165, 1.54) is 16.1 Å². The van der Waals surface area contributed by atoms with Crippen molar-refractivity contribution in [3.8, 4) is 11.3 Å². The number of piperazine rings is 1. The zero-order valence-corrected chi connectivity index (χ0v) is 19.8. The fraction of sp³-hybridized carbons (Fsp3) is 0.280. The second-order valence-electron chi connectivity index (χ2n) is 8.34. The molecule has 5 nitrogen and oxygen atoms in total. The van der Waals surface area contributed by atoms with Gasteiger partial charge in [0.05, 0.1) is 11.4 Å². The molecule has 1 fully saturated rings. The minimum absolute atomic E-state index is 0.117. The van der Waals surface area contributed by atoms with E-state index in [1.54, 1.807) is 11.3 Å². The molecule has 0 saturated carbocycles. The third kappa shape index (κ3) is 4.18. The van der Waals surface area contributed by atoms with Gasteiger partial charge in [-0.3, -0.25) is 14.1 Å². The van der Waals surface area contributed by atoms with Crippen LogP contribution in [0.1, 0.15) is 26.5 Å². The molecule has 2 aromatic heterocycles. The van der Waals surface area contributed by atoms with Gasteiger partial charge in [0.15, 0.2) is 4.96 Å². The highest BCUT2D eigenvalue weighted by molar-refractivity contribution is 7.17. The predicted octanol–water partition coefficient (Wildman–Crippen LogP) is 5.29. The molecule has 32 heavy (non-hydrogen) atoms. The first-order valence-corrected chi connectivity index (χ1v) is 12.0. The number of imidazole rings is 1. The first kappa shape index (κ1) is 21.2. The van der Waals surface area contributed by atoms with Gasteiger partial charge in [-0.15, -0.1) is 11.3 Å². The standard InChI is InChI=1S/C25H25ClN4OS/c1-17-3-5-20(6-4-17)24(31)29-13-11-28(12-14-29)16-22-23(19-7-9-21(26)10-8-19)27-25-30(22)15-18(2)32-25/h3-10,15H,11-14,16H2,1-2H3. The minimum Gasteiger partial charge on any atom is -0.336 e. The highest BCUT2D eigenvalue weighted by atomic mass is 35.5. The number of hydrogen-bond donors (Lipinski definition) is 0. The van der Waals surface area contributed by atoms with E-state index >= 15 is 0 Å². The van der Waals surface area contributed by atoms with Crippen molar-refractivity contribution in [1.82, 2.24) is 19.2 Å². The van der Waals surface area contributed by atoms with Crippen LogP contribution in [0.15, 0.2) is 54.7 Å². The second-order valence-corrected chi connectivity index (χ2v) is 9.99. The number of benzene rings is 2. The summed E-state index contributed by atoms with van der Waals surface area (Å²) < 4.78 is 2.22. The van der Waals surface area contributed by atoms with Crippen molar-refractivity contribution >= 4 is 33.8 Å². The number of aryl methyl sites for hydroxylation is 2. The van der Waals surface area contributed by atoms with Crippen molar-refractivity contribution in [3.63, 3.8) is 0 Å². The van der Waals surface area contributed by atoms with Crippen molar-refractivity contribution in [3.05, 3.63) is 81.4 Å². The van der Waals surface area contributed by atoms with Gasteiger partial charge in [0.2, 0.25) is 0 Å². The Hall–Kier alpha value is -2.67. The number of fused-ring (bicyclic) bond motifs is 1. The monoisotopic (exact) mass is 464 g/mol. The molecule has 4 aromatic rings. The number of thiazole rings is 1. The average Bonchev–Trinajstić information content (AvgIpc) is 3.32. The Labute approximate surface area is 196 Å². The third-order valence-corrected chi connectivity index (χ3v) is 7.14. The normalized spacial score (nSPS) is 14.9. The number of aromatic nitrogens is 2. The van der Waals surface area contributed by atoms with Crippen LogP contribution in [-0.2, 0) is 6.54 Å². The van der Waals surface area contributed by atoms with Crippen LogP contribution in [0.3, 0.4) is 0 Å². The zero-order valence-electron chi connectivity index (χ0n) is 18.2.